The fourth-order valence-electron chi connectivity index (χ4n) is 4.14. The molecule has 0 aromatic rings. The van der Waals surface area contributed by atoms with Gasteiger partial charge in [-0.15, -0.1) is 0 Å². The molecule has 0 heterocycles. The van der Waals surface area contributed by atoms with Crippen molar-refractivity contribution in [3.8, 4) is 0 Å². The molecular formula is C17H31NO2. The standard InChI is InChI=1S/C17H31NO2/c1-3-14(13-16(19)20-2)18-15-7-11-17(12-8-15)9-5-4-6-10-17/h14-15,18H,3-13H2,1-2H3/t14-/m0/s1. The summed E-state index contributed by atoms with van der Waals surface area (Å²) < 4.78 is 4.78. The first-order chi connectivity index (χ1) is 9.67. The molecule has 0 radical (unpaired) electrons. The largest absolute Gasteiger partial charge is 0.469 e. The van der Waals surface area contributed by atoms with Crippen LogP contribution in [0.5, 0.6) is 0 Å². The SMILES string of the molecule is CC[C@@H](CC(=O)OC)NC1CCC2(CCCCC2)CC1. The highest BCUT2D eigenvalue weighted by atomic mass is 16.5. The van der Waals surface area contributed by atoms with Crippen molar-refractivity contribution in [3.05, 3.63) is 0 Å². The lowest BCUT2D eigenvalue weighted by molar-refractivity contribution is -0.141. The van der Waals surface area contributed by atoms with Crippen LogP contribution >= 0.6 is 0 Å². The summed E-state index contributed by atoms with van der Waals surface area (Å²) in [6.45, 7) is 2.14. The molecule has 3 nitrogen and oxygen atoms in total. The van der Waals surface area contributed by atoms with E-state index in [0.29, 0.717) is 17.9 Å². The Bertz CT molecular complexity index is 300. The number of ether oxygens (including phenoxy) is 1. The van der Waals surface area contributed by atoms with Gasteiger partial charge in [-0.25, -0.2) is 0 Å². The first-order valence-electron chi connectivity index (χ1n) is 8.50. The molecule has 2 aliphatic carbocycles. The number of hydrogen-bond acceptors (Lipinski definition) is 3. The zero-order valence-electron chi connectivity index (χ0n) is 13.2. The van der Waals surface area contributed by atoms with Crippen molar-refractivity contribution in [1.29, 1.82) is 0 Å². The van der Waals surface area contributed by atoms with Crippen LogP contribution in [0, 0.1) is 5.41 Å². The molecule has 2 fully saturated rings. The van der Waals surface area contributed by atoms with Crippen LogP contribution in [-0.2, 0) is 9.53 Å². The maximum atomic E-state index is 11.4. The average Bonchev–Trinajstić information content (AvgIpc) is 2.49. The third kappa shape index (κ3) is 4.21. The number of rotatable bonds is 5. The molecule has 0 amide bonds. The van der Waals surface area contributed by atoms with Gasteiger partial charge in [0.1, 0.15) is 0 Å². The zero-order chi connectivity index (χ0) is 14.4. The van der Waals surface area contributed by atoms with Crippen molar-refractivity contribution in [2.75, 3.05) is 7.11 Å². The maximum absolute atomic E-state index is 11.4. The van der Waals surface area contributed by atoms with Gasteiger partial charge in [0.25, 0.3) is 0 Å². The normalized spacial score (nSPS) is 24.5. The van der Waals surface area contributed by atoms with Gasteiger partial charge in [0.05, 0.1) is 13.5 Å². The van der Waals surface area contributed by atoms with Gasteiger partial charge in [0.2, 0.25) is 0 Å². The van der Waals surface area contributed by atoms with Crippen molar-refractivity contribution in [3.63, 3.8) is 0 Å². The quantitative estimate of drug-likeness (QED) is 0.779. The van der Waals surface area contributed by atoms with E-state index in [0.717, 1.165) is 6.42 Å². The second kappa shape index (κ2) is 7.44. The Labute approximate surface area is 123 Å². The third-order valence-corrected chi connectivity index (χ3v) is 5.57. The van der Waals surface area contributed by atoms with E-state index >= 15 is 0 Å². The Morgan fingerprint density at radius 2 is 1.85 bits per heavy atom. The van der Waals surface area contributed by atoms with Crippen molar-refractivity contribution in [1.82, 2.24) is 5.32 Å². The Balaban J connectivity index is 1.76. The van der Waals surface area contributed by atoms with Crippen LogP contribution in [0.4, 0.5) is 0 Å². The molecule has 0 aliphatic heterocycles. The van der Waals surface area contributed by atoms with Gasteiger partial charge in [-0.1, -0.05) is 26.2 Å². The summed E-state index contributed by atoms with van der Waals surface area (Å²) in [4.78, 5) is 11.4. The number of hydrogen-bond donors (Lipinski definition) is 1. The second-order valence-corrected chi connectivity index (χ2v) is 6.89. The monoisotopic (exact) mass is 281 g/mol. The van der Waals surface area contributed by atoms with Gasteiger partial charge in [-0.05, 0) is 50.4 Å². The summed E-state index contributed by atoms with van der Waals surface area (Å²) in [6.07, 6.45) is 14.1. The maximum Gasteiger partial charge on any atom is 0.307 e. The zero-order valence-corrected chi connectivity index (χ0v) is 13.2. The highest BCUT2D eigenvalue weighted by Crippen LogP contribution is 2.47. The van der Waals surface area contributed by atoms with E-state index < -0.39 is 0 Å². The van der Waals surface area contributed by atoms with Crippen LogP contribution in [0.1, 0.15) is 77.6 Å². The highest BCUT2D eigenvalue weighted by molar-refractivity contribution is 5.69. The molecule has 0 saturated heterocycles. The van der Waals surface area contributed by atoms with Crippen LogP contribution in [-0.4, -0.2) is 25.2 Å². The minimum atomic E-state index is -0.0936. The summed E-state index contributed by atoms with van der Waals surface area (Å²) in [5.41, 5.74) is 0.681. The molecule has 1 atom stereocenters. The van der Waals surface area contributed by atoms with E-state index in [1.54, 1.807) is 0 Å². The molecule has 2 aliphatic rings. The number of carbonyl (C=O) groups excluding carboxylic acids is 1. The van der Waals surface area contributed by atoms with Crippen molar-refractivity contribution in [2.45, 2.75) is 89.6 Å². The van der Waals surface area contributed by atoms with E-state index in [9.17, 15) is 4.79 Å². The summed E-state index contributed by atoms with van der Waals surface area (Å²) >= 11 is 0. The fraction of sp³-hybridized carbons (Fsp3) is 0.941. The molecule has 1 spiro atoms. The van der Waals surface area contributed by atoms with Crippen molar-refractivity contribution < 1.29 is 9.53 Å². The molecular weight excluding hydrogens is 250 g/mol. The van der Waals surface area contributed by atoms with Crippen molar-refractivity contribution in [2.24, 2.45) is 5.41 Å². The van der Waals surface area contributed by atoms with E-state index in [2.05, 4.69) is 12.2 Å². The first kappa shape index (κ1) is 15.8. The predicted octanol–water partition coefficient (Wildman–Crippen LogP) is 3.81. The Hall–Kier alpha value is -0.570. The molecule has 1 N–H and O–H groups in total. The van der Waals surface area contributed by atoms with Gasteiger partial charge in [0.15, 0.2) is 0 Å². The summed E-state index contributed by atoms with van der Waals surface area (Å²) in [5.74, 6) is -0.0936. The number of carbonyl (C=O) groups is 1. The second-order valence-electron chi connectivity index (χ2n) is 6.89. The van der Waals surface area contributed by atoms with E-state index in [1.165, 1.54) is 64.9 Å². The minimum absolute atomic E-state index is 0.0936. The average molecular weight is 281 g/mol. The number of esters is 1. The van der Waals surface area contributed by atoms with E-state index in [1.807, 2.05) is 0 Å². The van der Waals surface area contributed by atoms with Gasteiger partial charge in [-0.2, -0.15) is 0 Å². The van der Waals surface area contributed by atoms with Crippen LogP contribution in [0.2, 0.25) is 0 Å². The summed E-state index contributed by atoms with van der Waals surface area (Å²) in [7, 11) is 1.47. The summed E-state index contributed by atoms with van der Waals surface area (Å²) in [6, 6.07) is 0.894. The molecule has 0 aromatic heterocycles. The lowest BCUT2D eigenvalue weighted by Crippen LogP contribution is -2.43. The minimum Gasteiger partial charge on any atom is -0.469 e. The van der Waals surface area contributed by atoms with Gasteiger partial charge in [-0.3, -0.25) is 4.79 Å². The lowest BCUT2D eigenvalue weighted by Gasteiger charge is -2.43. The number of methoxy groups -OCH3 is 1. The Kier molecular flexibility index (Phi) is 5.88. The molecule has 0 bridgehead atoms. The van der Waals surface area contributed by atoms with Crippen LogP contribution in [0.15, 0.2) is 0 Å². The number of nitrogens with one attached hydrogen (secondary N) is 1. The molecule has 116 valence electrons. The van der Waals surface area contributed by atoms with Crippen LogP contribution in [0.3, 0.4) is 0 Å². The lowest BCUT2D eigenvalue weighted by atomic mass is 9.64. The molecule has 0 aromatic carbocycles. The van der Waals surface area contributed by atoms with Crippen LogP contribution in [0.25, 0.3) is 0 Å². The van der Waals surface area contributed by atoms with Gasteiger partial charge < -0.3 is 10.1 Å². The first-order valence-corrected chi connectivity index (χ1v) is 8.50. The molecule has 20 heavy (non-hydrogen) atoms. The molecule has 3 heteroatoms. The highest BCUT2D eigenvalue weighted by Gasteiger charge is 2.36. The molecule has 2 rings (SSSR count). The van der Waals surface area contributed by atoms with Gasteiger partial charge >= 0.3 is 5.97 Å². The van der Waals surface area contributed by atoms with E-state index in [4.69, 9.17) is 4.74 Å². The fourth-order valence-corrected chi connectivity index (χ4v) is 4.14. The topological polar surface area (TPSA) is 38.3 Å². The van der Waals surface area contributed by atoms with Crippen LogP contribution < -0.4 is 5.32 Å². The Morgan fingerprint density at radius 1 is 1.20 bits per heavy atom. The summed E-state index contributed by atoms with van der Waals surface area (Å²) in [5, 5.41) is 3.69. The molecule has 2 saturated carbocycles. The smallest absolute Gasteiger partial charge is 0.307 e. The Morgan fingerprint density at radius 3 is 2.40 bits per heavy atom. The van der Waals surface area contributed by atoms with Gasteiger partial charge in [0, 0.05) is 12.1 Å². The van der Waals surface area contributed by atoms with E-state index in [-0.39, 0.29) is 12.0 Å². The predicted molar refractivity (Wildman–Crippen MR) is 81.6 cm³/mol. The van der Waals surface area contributed by atoms with Crippen molar-refractivity contribution >= 4 is 5.97 Å². The molecule has 0 unspecified atom stereocenters. The third-order valence-electron chi connectivity index (χ3n) is 5.57.